The summed E-state index contributed by atoms with van der Waals surface area (Å²) in [4.78, 5) is 10.8. The van der Waals surface area contributed by atoms with Gasteiger partial charge in [-0.15, -0.1) is 0 Å². The topological polar surface area (TPSA) is 57.8 Å². The van der Waals surface area contributed by atoms with E-state index in [2.05, 4.69) is 15.5 Å². The molecule has 0 radical (unpaired) electrons. The Kier molecular flexibility index (Phi) is 1.81. The number of nitrogens with zero attached hydrogens (tertiary/aromatic N) is 1. The molecule has 0 amide bonds. The normalized spacial score (nSPS) is 16.0. The monoisotopic (exact) mass is 165 g/mol. The molecule has 0 atom stereocenters. The zero-order chi connectivity index (χ0) is 8.39. The number of aromatic nitrogens is 2. The summed E-state index contributed by atoms with van der Waals surface area (Å²) in [7, 11) is 0. The smallest absolute Gasteiger partial charge is 0.266 e. The number of hydrogen-bond acceptors (Lipinski definition) is 3. The second kappa shape index (κ2) is 2.97. The van der Waals surface area contributed by atoms with Crippen molar-refractivity contribution < 1.29 is 0 Å². The van der Waals surface area contributed by atoms with Gasteiger partial charge in [-0.3, -0.25) is 4.79 Å². The molecule has 4 heteroatoms. The molecule has 0 saturated heterocycles. The fourth-order valence-electron chi connectivity index (χ4n) is 1.06. The van der Waals surface area contributed by atoms with Crippen molar-refractivity contribution in [2.45, 2.75) is 12.8 Å². The summed E-state index contributed by atoms with van der Waals surface area (Å²) in [5.41, 5.74) is 0.654. The van der Waals surface area contributed by atoms with Crippen LogP contribution >= 0.6 is 0 Å². The minimum absolute atomic E-state index is 0.157. The summed E-state index contributed by atoms with van der Waals surface area (Å²) in [5, 5.41) is 9.18. The molecule has 1 fully saturated rings. The molecule has 1 heterocycles. The first-order chi connectivity index (χ1) is 5.84. The third-order valence-corrected chi connectivity index (χ3v) is 1.96. The Balaban J connectivity index is 1.97. The predicted octanol–water partition coefficient (Wildman–Crippen LogP) is 0.592. The van der Waals surface area contributed by atoms with Gasteiger partial charge in [0.05, 0.1) is 11.9 Å². The van der Waals surface area contributed by atoms with E-state index in [1.54, 1.807) is 6.20 Å². The Hall–Kier alpha value is -1.32. The molecule has 1 aromatic rings. The maximum Gasteiger partial charge on any atom is 0.266 e. The van der Waals surface area contributed by atoms with Crippen molar-refractivity contribution in [3.05, 3.63) is 22.6 Å². The highest BCUT2D eigenvalue weighted by molar-refractivity contribution is 5.38. The summed E-state index contributed by atoms with van der Waals surface area (Å²) in [6, 6.07) is 1.52. The highest BCUT2D eigenvalue weighted by Gasteiger charge is 2.20. The van der Waals surface area contributed by atoms with Crippen LogP contribution in [0.4, 0.5) is 5.69 Å². The van der Waals surface area contributed by atoms with Gasteiger partial charge in [0.15, 0.2) is 0 Å². The van der Waals surface area contributed by atoms with E-state index in [-0.39, 0.29) is 5.56 Å². The zero-order valence-corrected chi connectivity index (χ0v) is 6.71. The van der Waals surface area contributed by atoms with Crippen LogP contribution in [0.3, 0.4) is 0 Å². The quantitative estimate of drug-likeness (QED) is 0.689. The molecule has 0 bridgehead atoms. The van der Waals surface area contributed by atoms with Gasteiger partial charge < -0.3 is 5.32 Å². The zero-order valence-electron chi connectivity index (χ0n) is 6.71. The van der Waals surface area contributed by atoms with Crippen LogP contribution < -0.4 is 10.9 Å². The van der Waals surface area contributed by atoms with E-state index >= 15 is 0 Å². The van der Waals surface area contributed by atoms with Gasteiger partial charge in [0.2, 0.25) is 0 Å². The molecule has 0 spiro atoms. The Morgan fingerprint density at radius 2 is 2.50 bits per heavy atom. The molecule has 1 aromatic heterocycles. The molecule has 12 heavy (non-hydrogen) atoms. The van der Waals surface area contributed by atoms with Crippen LogP contribution in [0.2, 0.25) is 0 Å². The number of aromatic amines is 1. The van der Waals surface area contributed by atoms with Gasteiger partial charge in [0, 0.05) is 12.6 Å². The molecule has 64 valence electrons. The summed E-state index contributed by atoms with van der Waals surface area (Å²) in [5.74, 6) is 0.810. The van der Waals surface area contributed by atoms with Crippen molar-refractivity contribution in [2.75, 3.05) is 11.9 Å². The minimum atomic E-state index is -0.157. The minimum Gasteiger partial charge on any atom is -0.383 e. The molecular formula is C8H11N3O. The SMILES string of the molecule is O=c1cc(NCC2CC2)cn[nH]1. The number of H-pyrrole nitrogens is 1. The van der Waals surface area contributed by atoms with Crippen molar-refractivity contribution in [3.63, 3.8) is 0 Å². The highest BCUT2D eigenvalue weighted by Crippen LogP contribution is 2.28. The maximum absolute atomic E-state index is 10.8. The first-order valence-electron chi connectivity index (χ1n) is 4.13. The van der Waals surface area contributed by atoms with Crippen LogP contribution in [0.25, 0.3) is 0 Å². The second-order valence-corrected chi connectivity index (χ2v) is 3.16. The van der Waals surface area contributed by atoms with Crippen LogP contribution in [0.1, 0.15) is 12.8 Å². The largest absolute Gasteiger partial charge is 0.383 e. The van der Waals surface area contributed by atoms with E-state index in [1.165, 1.54) is 18.9 Å². The molecular weight excluding hydrogens is 154 g/mol. The number of nitrogens with one attached hydrogen (secondary N) is 2. The van der Waals surface area contributed by atoms with E-state index in [4.69, 9.17) is 0 Å². The maximum atomic E-state index is 10.8. The van der Waals surface area contributed by atoms with Crippen LogP contribution in [-0.4, -0.2) is 16.7 Å². The van der Waals surface area contributed by atoms with Gasteiger partial charge in [-0.1, -0.05) is 0 Å². The van der Waals surface area contributed by atoms with E-state index in [0.717, 1.165) is 18.2 Å². The van der Waals surface area contributed by atoms with Gasteiger partial charge in [0.25, 0.3) is 5.56 Å². The second-order valence-electron chi connectivity index (χ2n) is 3.16. The Bertz CT molecular complexity index is 316. The first-order valence-corrected chi connectivity index (χ1v) is 4.13. The molecule has 1 saturated carbocycles. The van der Waals surface area contributed by atoms with Crippen molar-refractivity contribution in [3.8, 4) is 0 Å². The lowest BCUT2D eigenvalue weighted by Crippen LogP contribution is -2.10. The Morgan fingerprint density at radius 1 is 1.67 bits per heavy atom. The van der Waals surface area contributed by atoms with Gasteiger partial charge in [-0.25, -0.2) is 5.10 Å². The van der Waals surface area contributed by atoms with Crippen molar-refractivity contribution in [1.82, 2.24) is 10.2 Å². The van der Waals surface area contributed by atoms with E-state index in [9.17, 15) is 4.79 Å². The molecule has 1 aliphatic rings. The average Bonchev–Trinajstić information content (AvgIpc) is 2.84. The molecule has 0 aliphatic heterocycles. The molecule has 2 N–H and O–H groups in total. The molecule has 2 rings (SSSR count). The Morgan fingerprint density at radius 3 is 3.17 bits per heavy atom. The molecule has 4 nitrogen and oxygen atoms in total. The molecule has 1 aliphatic carbocycles. The van der Waals surface area contributed by atoms with Crippen LogP contribution in [0.5, 0.6) is 0 Å². The third-order valence-electron chi connectivity index (χ3n) is 1.96. The fourth-order valence-corrected chi connectivity index (χ4v) is 1.06. The van der Waals surface area contributed by atoms with Gasteiger partial charge in [-0.05, 0) is 18.8 Å². The predicted molar refractivity (Wildman–Crippen MR) is 46.1 cm³/mol. The highest BCUT2D eigenvalue weighted by atomic mass is 16.1. The van der Waals surface area contributed by atoms with Gasteiger partial charge >= 0.3 is 0 Å². The lowest BCUT2D eigenvalue weighted by molar-refractivity contribution is 0.882. The van der Waals surface area contributed by atoms with Crippen LogP contribution in [0, 0.1) is 5.92 Å². The standard InChI is InChI=1S/C8H11N3O/c12-8-3-7(5-10-11-8)9-4-6-1-2-6/h3,5-6H,1-2,4H2,(H2,9,11,12). The first kappa shape index (κ1) is 7.34. The van der Waals surface area contributed by atoms with Crippen molar-refractivity contribution >= 4 is 5.69 Å². The lowest BCUT2D eigenvalue weighted by atomic mass is 10.4. The summed E-state index contributed by atoms with van der Waals surface area (Å²) in [6.45, 7) is 0.963. The van der Waals surface area contributed by atoms with Gasteiger partial charge in [-0.2, -0.15) is 5.10 Å². The summed E-state index contributed by atoms with van der Waals surface area (Å²) >= 11 is 0. The van der Waals surface area contributed by atoms with E-state index in [0.29, 0.717) is 0 Å². The van der Waals surface area contributed by atoms with Gasteiger partial charge in [0.1, 0.15) is 0 Å². The van der Waals surface area contributed by atoms with Crippen molar-refractivity contribution in [2.24, 2.45) is 5.92 Å². The van der Waals surface area contributed by atoms with E-state index < -0.39 is 0 Å². The number of hydrogen-bond donors (Lipinski definition) is 2. The van der Waals surface area contributed by atoms with Crippen molar-refractivity contribution in [1.29, 1.82) is 0 Å². The molecule has 0 aromatic carbocycles. The lowest BCUT2D eigenvalue weighted by Gasteiger charge is -2.01. The molecule has 0 unspecified atom stereocenters. The van der Waals surface area contributed by atoms with Crippen LogP contribution in [0.15, 0.2) is 17.1 Å². The Labute approximate surface area is 70.0 Å². The fraction of sp³-hybridized carbons (Fsp3) is 0.500. The summed E-state index contributed by atoms with van der Waals surface area (Å²) in [6.07, 6.45) is 4.25. The average molecular weight is 165 g/mol. The summed E-state index contributed by atoms with van der Waals surface area (Å²) < 4.78 is 0. The number of anilines is 1. The third kappa shape index (κ3) is 1.84. The number of rotatable bonds is 3. The van der Waals surface area contributed by atoms with Crippen LogP contribution in [-0.2, 0) is 0 Å². The van der Waals surface area contributed by atoms with E-state index in [1.807, 2.05) is 0 Å².